The summed E-state index contributed by atoms with van der Waals surface area (Å²) in [6, 6.07) is 40.5. The van der Waals surface area contributed by atoms with Crippen LogP contribution in [0.15, 0.2) is 131 Å². The van der Waals surface area contributed by atoms with Crippen molar-refractivity contribution in [3.05, 3.63) is 142 Å². The van der Waals surface area contributed by atoms with E-state index in [1.54, 1.807) is 0 Å². The largest absolute Gasteiger partial charge is 0.289 e. The zero-order valence-electron chi connectivity index (χ0n) is 20.4. The van der Waals surface area contributed by atoms with Gasteiger partial charge in [-0.15, -0.1) is 0 Å². The highest BCUT2D eigenvalue weighted by molar-refractivity contribution is 6.31. The zero-order chi connectivity index (χ0) is 25.4. The standard InChI is InChI=1S/C36H20O2/c37-35-29-17-15-26-25(33(29)27-13-11-23(19-31(27)35)21-7-3-1-4-8-21)16-18-30-34(26)28-14-12-24(20-32(28)36(30)38)22-9-5-2-6-10-22/h1-20H. The van der Waals surface area contributed by atoms with Crippen molar-refractivity contribution in [1.82, 2.24) is 0 Å². The Morgan fingerprint density at radius 2 is 0.632 bits per heavy atom. The van der Waals surface area contributed by atoms with E-state index < -0.39 is 0 Å². The van der Waals surface area contributed by atoms with Crippen LogP contribution in [0.3, 0.4) is 0 Å². The van der Waals surface area contributed by atoms with Crippen molar-refractivity contribution < 1.29 is 0 Å². The third-order valence-electron chi connectivity index (χ3n) is 7.97. The minimum absolute atomic E-state index is 0.0548. The van der Waals surface area contributed by atoms with Crippen LogP contribution in [-0.4, -0.2) is 0 Å². The predicted molar refractivity (Wildman–Crippen MR) is 160 cm³/mol. The van der Waals surface area contributed by atoms with Crippen LogP contribution in [0.1, 0.15) is 0 Å². The van der Waals surface area contributed by atoms with Crippen molar-refractivity contribution >= 4 is 53.9 Å². The maximum Gasteiger partial charge on any atom is 0.194 e. The molecule has 0 heterocycles. The van der Waals surface area contributed by atoms with Crippen LogP contribution in [0.5, 0.6) is 0 Å². The number of hydrogen-bond donors (Lipinski definition) is 0. The highest BCUT2D eigenvalue weighted by Gasteiger charge is 2.18. The van der Waals surface area contributed by atoms with Crippen LogP contribution in [0.2, 0.25) is 0 Å². The van der Waals surface area contributed by atoms with Crippen molar-refractivity contribution in [2.75, 3.05) is 0 Å². The molecule has 0 N–H and O–H groups in total. The third-order valence-corrected chi connectivity index (χ3v) is 7.97. The van der Waals surface area contributed by atoms with Crippen LogP contribution in [0, 0.1) is 0 Å². The molecule has 8 aromatic rings. The molecule has 0 unspecified atom stereocenters. The molecule has 0 aliphatic rings. The highest BCUT2D eigenvalue weighted by atomic mass is 16.1. The summed E-state index contributed by atoms with van der Waals surface area (Å²) in [5, 5.41) is 8.78. The molecule has 38 heavy (non-hydrogen) atoms. The lowest BCUT2D eigenvalue weighted by molar-refractivity contribution is 1.65. The van der Waals surface area contributed by atoms with Gasteiger partial charge < -0.3 is 0 Å². The zero-order valence-corrected chi connectivity index (χ0v) is 20.4. The minimum atomic E-state index is 0.0548. The monoisotopic (exact) mass is 484 g/mol. The Balaban J connectivity index is 1.43. The minimum Gasteiger partial charge on any atom is -0.289 e. The third kappa shape index (κ3) is 2.83. The molecule has 0 aliphatic carbocycles. The van der Waals surface area contributed by atoms with Gasteiger partial charge in [-0.25, -0.2) is 0 Å². The maximum atomic E-state index is 13.5. The number of hydrogen-bond acceptors (Lipinski definition) is 2. The first-order chi connectivity index (χ1) is 18.7. The van der Waals surface area contributed by atoms with Gasteiger partial charge in [0.25, 0.3) is 0 Å². The maximum absolute atomic E-state index is 13.5. The summed E-state index contributed by atoms with van der Waals surface area (Å²) in [6.45, 7) is 0. The molecule has 0 radical (unpaired) electrons. The number of benzene rings is 6. The van der Waals surface area contributed by atoms with E-state index in [1.807, 2.05) is 72.8 Å². The lowest BCUT2D eigenvalue weighted by atomic mass is 9.97. The molecular weight excluding hydrogens is 464 g/mol. The van der Waals surface area contributed by atoms with E-state index in [0.29, 0.717) is 0 Å². The van der Waals surface area contributed by atoms with Gasteiger partial charge in [0.2, 0.25) is 0 Å². The Morgan fingerprint density at radius 3 is 1.05 bits per heavy atom. The van der Waals surface area contributed by atoms with Crippen LogP contribution >= 0.6 is 0 Å². The van der Waals surface area contributed by atoms with Crippen molar-refractivity contribution in [3.63, 3.8) is 0 Å². The molecule has 0 spiro atoms. The molecule has 0 amide bonds. The van der Waals surface area contributed by atoms with Crippen LogP contribution in [0.25, 0.3) is 76.1 Å². The quantitative estimate of drug-likeness (QED) is 0.247. The van der Waals surface area contributed by atoms with Gasteiger partial charge in [-0.3, -0.25) is 9.59 Å². The average molecular weight is 485 g/mol. The Morgan fingerprint density at radius 1 is 0.289 bits per heavy atom. The van der Waals surface area contributed by atoms with E-state index >= 15 is 0 Å². The van der Waals surface area contributed by atoms with Crippen molar-refractivity contribution in [2.24, 2.45) is 0 Å². The van der Waals surface area contributed by atoms with Crippen molar-refractivity contribution in [2.45, 2.75) is 0 Å². The van der Waals surface area contributed by atoms with E-state index in [-0.39, 0.29) is 10.9 Å². The van der Waals surface area contributed by atoms with Crippen molar-refractivity contribution in [1.29, 1.82) is 0 Å². The van der Waals surface area contributed by atoms with Gasteiger partial charge in [0.1, 0.15) is 0 Å². The molecule has 0 saturated carbocycles. The molecule has 176 valence electrons. The Labute approximate surface area is 217 Å². The summed E-state index contributed by atoms with van der Waals surface area (Å²) < 4.78 is 0. The summed E-state index contributed by atoms with van der Waals surface area (Å²) in [5.41, 5.74) is 4.35. The summed E-state index contributed by atoms with van der Waals surface area (Å²) in [6.07, 6.45) is 0. The topological polar surface area (TPSA) is 34.1 Å². The van der Waals surface area contributed by atoms with E-state index in [1.165, 1.54) is 0 Å². The molecule has 2 heteroatoms. The molecule has 0 fully saturated rings. The summed E-state index contributed by atoms with van der Waals surface area (Å²) in [7, 11) is 0. The van der Waals surface area contributed by atoms with E-state index in [0.717, 1.165) is 76.1 Å². The van der Waals surface area contributed by atoms with Gasteiger partial charge in [-0.2, -0.15) is 0 Å². The van der Waals surface area contributed by atoms with E-state index in [9.17, 15) is 9.59 Å². The molecule has 0 saturated heterocycles. The highest BCUT2D eigenvalue weighted by Crippen LogP contribution is 2.39. The predicted octanol–water partition coefficient (Wildman–Crippen LogP) is 8.38. The molecular formula is C36H20O2. The van der Waals surface area contributed by atoms with Crippen molar-refractivity contribution in [3.8, 4) is 22.3 Å². The number of rotatable bonds is 2. The number of fused-ring (bicyclic) bond motifs is 9. The second-order valence-electron chi connectivity index (χ2n) is 9.98. The Hall–Kier alpha value is -5.08. The fourth-order valence-electron chi connectivity index (χ4n) is 6.18. The van der Waals surface area contributed by atoms with E-state index in [4.69, 9.17) is 0 Å². The van der Waals surface area contributed by atoms with Crippen LogP contribution < -0.4 is 10.9 Å². The smallest absolute Gasteiger partial charge is 0.194 e. The van der Waals surface area contributed by atoms with Gasteiger partial charge in [0.15, 0.2) is 10.9 Å². The van der Waals surface area contributed by atoms with E-state index in [2.05, 4.69) is 48.5 Å². The fourth-order valence-corrected chi connectivity index (χ4v) is 6.18. The first-order valence-electron chi connectivity index (χ1n) is 12.8. The molecule has 0 aromatic heterocycles. The lowest BCUT2D eigenvalue weighted by Crippen LogP contribution is -1.94. The summed E-state index contributed by atoms with van der Waals surface area (Å²) in [4.78, 5) is 27.0. The molecule has 0 aliphatic heterocycles. The first kappa shape index (κ1) is 21.0. The van der Waals surface area contributed by atoms with Gasteiger partial charge in [-0.05, 0) is 68.1 Å². The van der Waals surface area contributed by atoms with Gasteiger partial charge in [-0.1, -0.05) is 97.1 Å². The Kier molecular flexibility index (Phi) is 4.27. The Bertz CT molecular complexity index is 2140. The van der Waals surface area contributed by atoms with Gasteiger partial charge >= 0.3 is 0 Å². The molecule has 8 rings (SSSR count). The first-order valence-corrected chi connectivity index (χ1v) is 12.8. The van der Waals surface area contributed by atoms with Gasteiger partial charge in [0, 0.05) is 32.3 Å². The molecule has 8 aromatic carbocycles. The fraction of sp³-hybridized carbons (Fsp3) is 0. The normalized spacial score (nSPS) is 11.9. The SMILES string of the molecule is O=c1c2cc(-c3ccccc3)ccc2c2c1ccc1c2ccc2c(=O)c3cc(-c4ccccc4)ccc3c21. The second kappa shape index (κ2) is 7.71. The second-order valence-corrected chi connectivity index (χ2v) is 9.98. The lowest BCUT2D eigenvalue weighted by Gasteiger charge is -2.05. The summed E-state index contributed by atoms with van der Waals surface area (Å²) in [5.74, 6) is 0. The molecule has 0 atom stereocenters. The van der Waals surface area contributed by atoms with Gasteiger partial charge in [0.05, 0.1) is 0 Å². The summed E-state index contributed by atoms with van der Waals surface area (Å²) >= 11 is 0. The average Bonchev–Trinajstić information content (AvgIpc) is 3.44. The van der Waals surface area contributed by atoms with Crippen LogP contribution in [0.4, 0.5) is 0 Å². The molecule has 0 bridgehead atoms. The molecule has 2 nitrogen and oxygen atoms in total. The van der Waals surface area contributed by atoms with Crippen LogP contribution in [-0.2, 0) is 0 Å².